The molecule has 0 radical (unpaired) electrons. The van der Waals surface area contributed by atoms with Crippen LogP contribution in [0.4, 0.5) is 0 Å². The lowest BCUT2D eigenvalue weighted by Gasteiger charge is -2.34. The lowest BCUT2D eigenvalue weighted by atomic mass is 9.82. The Balaban J connectivity index is 1.79. The van der Waals surface area contributed by atoms with Crippen LogP contribution in [0.2, 0.25) is 0 Å². The van der Waals surface area contributed by atoms with E-state index in [0.29, 0.717) is 37.6 Å². The van der Waals surface area contributed by atoms with Crippen LogP contribution in [0.3, 0.4) is 0 Å². The molecule has 1 saturated carbocycles. The number of aromatic nitrogens is 2. The van der Waals surface area contributed by atoms with E-state index < -0.39 is 30.3 Å². The van der Waals surface area contributed by atoms with Gasteiger partial charge < -0.3 is 31.1 Å². The monoisotopic (exact) mass is 583 g/mol. The van der Waals surface area contributed by atoms with E-state index in [1.54, 1.807) is 12.5 Å². The molecule has 9 heteroatoms. The second-order valence-corrected chi connectivity index (χ2v) is 12.9. The van der Waals surface area contributed by atoms with Gasteiger partial charge in [0.25, 0.3) is 0 Å². The Bertz CT molecular complexity index is 1040. The Labute approximate surface area is 251 Å². The van der Waals surface area contributed by atoms with E-state index in [2.05, 4.69) is 39.8 Å². The number of nitrogens with one attached hydrogen (secondary N) is 4. The first kappa shape index (κ1) is 33.7. The summed E-state index contributed by atoms with van der Waals surface area (Å²) in [6, 6.07) is 7.80. The van der Waals surface area contributed by atoms with E-state index in [-0.39, 0.29) is 24.2 Å². The molecule has 1 fully saturated rings. The zero-order valence-corrected chi connectivity index (χ0v) is 25.9. The highest BCUT2D eigenvalue weighted by molar-refractivity contribution is 5.90. The molecule has 1 aliphatic carbocycles. The van der Waals surface area contributed by atoms with Crippen LogP contribution in [0.15, 0.2) is 42.9 Å². The van der Waals surface area contributed by atoms with Gasteiger partial charge in [-0.1, -0.05) is 90.1 Å². The average molecular weight is 584 g/mol. The molecule has 0 spiro atoms. The van der Waals surface area contributed by atoms with Crippen molar-refractivity contribution < 1.29 is 19.8 Å². The molecule has 1 heterocycles. The molecule has 5 atom stereocenters. The molecule has 2 amide bonds. The Kier molecular flexibility index (Phi) is 14.0. The summed E-state index contributed by atoms with van der Waals surface area (Å²) in [5.74, 6) is 0.286. The Morgan fingerprint density at radius 3 is 2.24 bits per heavy atom. The molecule has 6 N–H and O–H groups in total. The molecule has 1 aromatic carbocycles. The summed E-state index contributed by atoms with van der Waals surface area (Å²) in [5.41, 5.74) is 1.74. The van der Waals surface area contributed by atoms with E-state index >= 15 is 0 Å². The quantitative estimate of drug-likeness (QED) is 0.168. The minimum absolute atomic E-state index is 0.202. The SMILES string of the molecule is CC(C)CN[C@@H](Cc1ccccc1)C(=O)N[C@@H](Cc1cnc[nH]1)C(=O)N[C@@H](CC1CCCCC1)[C@@H](O)[C@@H](O)CC(C)C. The maximum Gasteiger partial charge on any atom is 0.243 e. The summed E-state index contributed by atoms with van der Waals surface area (Å²) >= 11 is 0. The van der Waals surface area contributed by atoms with Crippen LogP contribution in [-0.2, 0) is 22.4 Å². The third-order valence-corrected chi connectivity index (χ3v) is 8.14. The maximum absolute atomic E-state index is 13.9. The fourth-order valence-corrected chi connectivity index (χ4v) is 5.82. The van der Waals surface area contributed by atoms with Crippen molar-refractivity contribution in [1.82, 2.24) is 25.9 Å². The number of rotatable bonds is 17. The number of aliphatic hydroxyl groups is 2. The van der Waals surface area contributed by atoms with Crippen LogP contribution in [0.25, 0.3) is 0 Å². The first-order valence-electron chi connectivity index (χ1n) is 15.8. The fourth-order valence-electron chi connectivity index (χ4n) is 5.82. The fraction of sp³-hybridized carbons (Fsp3) is 0.667. The lowest BCUT2D eigenvalue weighted by molar-refractivity contribution is -0.131. The second kappa shape index (κ2) is 17.4. The molecule has 1 aromatic heterocycles. The van der Waals surface area contributed by atoms with Gasteiger partial charge in [-0.2, -0.15) is 0 Å². The Morgan fingerprint density at radius 1 is 0.929 bits per heavy atom. The number of imidazole rings is 1. The predicted octanol–water partition coefficient (Wildman–Crippen LogP) is 3.52. The number of hydrogen-bond acceptors (Lipinski definition) is 6. The van der Waals surface area contributed by atoms with Gasteiger partial charge in [0.1, 0.15) is 12.1 Å². The van der Waals surface area contributed by atoms with Gasteiger partial charge in [0.15, 0.2) is 0 Å². The minimum atomic E-state index is -1.10. The number of carbonyl (C=O) groups excluding carboxylic acids is 2. The van der Waals surface area contributed by atoms with Gasteiger partial charge in [0.2, 0.25) is 11.8 Å². The largest absolute Gasteiger partial charge is 0.390 e. The predicted molar refractivity (Wildman–Crippen MR) is 166 cm³/mol. The van der Waals surface area contributed by atoms with Crippen molar-refractivity contribution in [2.45, 2.75) is 116 Å². The van der Waals surface area contributed by atoms with Crippen molar-refractivity contribution in [3.63, 3.8) is 0 Å². The number of carbonyl (C=O) groups is 2. The molecule has 0 bridgehead atoms. The highest BCUT2D eigenvalue weighted by Crippen LogP contribution is 2.29. The zero-order valence-electron chi connectivity index (χ0n) is 25.9. The van der Waals surface area contributed by atoms with E-state index in [4.69, 9.17) is 0 Å². The third-order valence-electron chi connectivity index (χ3n) is 8.14. The smallest absolute Gasteiger partial charge is 0.243 e. The van der Waals surface area contributed by atoms with Crippen molar-refractivity contribution in [2.75, 3.05) is 6.54 Å². The summed E-state index contributed by atoms with van der Waals surface area (Å²) in [7, 11) is 0. The summed E-state index contributed by atoms with van der Waals surface area (Å²) in [5, 5.41) is 31.5. The first-order chi connectivity index (χ1) is 20.1. The number of hydrogen-bond donors (Lipinski definition) is 6. The molecule has 3 rings (SSSR count). The Hall–Kier alpha value is -2.75. The molecular weight excluding hydrogens is 530 g/mol. The Morgan fingerprint density at radius 2 is 1.62 bits per heavy atom. The maximum atomic E-state index is 13.9. The second-order valence-electron chi connectivity index (χ2n) is 12.9. The van der Waals surface area contributed by atoms with Crippen molar-refractivity contribution in [3.8, 4) is 0 Å². The number of amides is 2. The van der Waals surface area contributed by atoms with E-state index in [1.807, 2.05) is 44.2 Å². The molecule has 1 aliphatic rings. The van der Waals surface area contributed by atoms with Crippen molar-refractivity contribution in [1.29, 1.82) is 0 Å². The van der Waals surface area contributed by atoms with Crippen LogP contribution < -0.4 is 16.0 Å². The minimum Gasteiger partial charge on any atom is -0.390 e. The molecule has 0 aliphatic heterocycles. The van der Waals surface area contributed by atoms with Gasteiger partial charge in [-0.05, 0) is 49.1 Å². The van der Waals surface area contributed by atoms with Gasteiger partial charge in [-0.25, -0.2) is 4.98 Å². The third kappa shape index (κ3) is 11.5. The molecule has 2 aromatic rings. The lowest BCUT2D eigenvalue weighted by Crippen LogP contribution is -2.58. The first-order valence-corrected chi connectivity index (χ1v) is 15.8. The molecule has 0 saturated heterocycles. The van der Waals surface area contributed by atoms with Crippen LogP contribution in [-0.4, -0.2) is 68.9 Å². The highest BCUT2D eigenvalue weighted by atomic mass is 16.3. The van der Waals surface area contributed by atoms with Crippen LogP contribution in [0.5, 0.6) is 0 Å². The molecule has 42 heavy (non-hydrogen) atoms. The van der Waals surface area contributed by atoms with Crippen molar-refractivity contribution in [3.05, 3.63) is 54.1 Å². The standard InChI is InChI=1S/C33H53N5O4/c1-22(2)15-30(39)31(40)27(16-24-11-7-5-8-12-24)37-33(42)29(18-26-20-34-21-36-26)38-32(41)28(35-19-23(3)4)17-25-13-9-6-10-14-25/h6,9-10,13-14,20-24,27-31,35,39-40H,5,7-8,11-12,15-19H2,1-4H3,(H,34,36)(H,37,42)(H,38,41)/t27-,28-,29-,30-,31+/m0/s1. The molecule has 0 unspecified atom stereocenters. The number of benzene rings is 1. The van der Waals surface area contributed by atoms with Gasteiger partial charge in [-0.15, -0.1) is 0 Å². The van der Waals surface area contributed by atoms with Gasteiger partial charge in [0.05, 0.1) is 24.5 Å². The number of nitrogens with zero attached hydrogens (tertiary/aromatic N) is 1. The average Bonchev–Trinajstić information content (AvgIpc) is 3.48. The van der Waals surface area contributed by atoms with Crippen LogP contribution >= 0.6 is 0 Å². The van der Waals surface area contributed by atoms with Gasteiger partial charge in [-0.3, -0.25) is 9.59 Å². The van der Waals surface area contributed by atoms with Gasteiger partial charge >= 0.3 is 0 Å². The normalized spacial score (nSPS) is 17.9. The summed E-state index contributed by atoms with van der Waals surface area (Å²) in [4.78, 5) is 34.7. The number of aromatic amines is 1. The number of aliphatic hydroxyl groups excluding tert-OH is 2. The zero-order chi connectivity index (χ0) is 30.5. The summed E-state index contributed by atoms with van der Waals surface area (Å²) in [6.45, 7) is 8.83. The summed E-state index contributed by atoms with van der Waals surface area (Å²) in [6.07, 6.45) is 8.48. The molecular formula is C33H53N5O4. The molecule has 234 valence electrons. The van der Waals surface area contributed by atoms with E-state index in [0.717, 1.165) is 36.9 Å². The van der Waals surface area contributed by atoms with Crippen LogP contribution in [0.1, 0.15) is 83.9 Å². The number of H-pyrrole nitrogens is 1. The van der Waals surface area contributed by atoms with E-state index in [1.165, 1.54) is 6.42 Å². The topological polar surface area (TPSA) is 139 Å². The highest BCUT2D eigenvalue weighted by Gasteiger charge is 2.34. The van der Waals surface area contributed by atoms with Crippen LogP contribution in [0, 0.1) is 17.8 Å². The van der Waals surface area contributed by atoms with E-state index in [9.17, 15) is 19.8 Å². The van der Waals surface area contributed by atoms with Gasteiger partial charge in [0, 0.05) is 18.3 Å². The molecule has 9 nitrogen and oxygen atoms in total. The van der Waals surface area contributed by atoms with Crippen molar-refractivity contribution in [2.24, 2.45) is 17.8 Å². The summed E-state index contributed by atoms with van der Waals surface area (Å²) < 4.78 is 0. The van der Waals surface area contributed by atoms with Crippen molar-refractivity contribution >= 4 is 11.8 Å².